The molecule has 1 aliphatic carbocycles. The standard InChI is InChI=1S/C22H24N4OS/c1-15-8-3-6-13-20(15)26-16(2)24-25-22(26)28-14-21(27)23-19-12-7-10-17-9-4-5-11-18(17)19/h3-6,8-9,11,13,19H,7,10,12,14H2,1-2H3,(H,23,27)/t19-/m0/s1. The fourth-order valence-electron chi connectivity index (χ4n) is 3.80. The van der Waals surface area contributed by atoms with Gasteiger partial charge in [-0.25, -0.2) is 0 Å². The van der Waals surface area contributed by atoms with Crippen LogP contribution in [-0.4, -0.2) is 26.4 Å². The summed E-state index contributed by atoms with van der Waals surface area (Å²) < 4.78 is 2.02. The first-order chi connectivity index (χ1) is 13.6. The van der Waals surface area contributed by atoms with Crippen LogP contribution >= 0.6 is 11.8 Å². The molecule has 28 heavy (non-hydrogen) atoms. The number of hydrogen-bond donors (Lipinski definition) is 1. The average Bonchev–Trinajstić information content (AvgIpc) is 3.07. The third-order valence-electron chi connectivity index (χ3n) is 5.19. The molecule has 2 aromatic carbocycles. The van der Waals surface area contributed by atoms with E-state index in [2.05, 4.69) is 52.8 Å². The van der Waals surface area contributed by atoms with Crippen LogP contribution < -0.4 is 5.32 Å². The number of para-hydroxylation sites is 1. The van der Waals surface area contributed by atoms with Crippen molar-refractivity contribution in [2.24, 2.45) is 0 Å². The molecule has 0 radical (unpaired) electrons. The van der Waals surface area contributed by atoms with Gasteiger partial charge in [0.1, 0.15) is 5.82 Å². The second-order valence-electron chi connectivity index (χ2n) is 7.15. The van der Waals surface area contributed by atoms with E-state index in [1.54, 1.807) is 0 Å². The van der Waals surface area contributed by atoms with Gasteiger partial charge in [0.15, 0.2) is 5.16 Å². The number of carbonyl (C=O) groups excluding carboxylic acids is 1. The molecule has 1 amide bonds. The van der Waals surface area contributed by atoms with Gasteiger partial charge in [-0.3, -0.25) is 9.36 Å². The number of nitrogens with zero attached hydrogens (tertiary/aromatic N) is 3. The number of carbonyl (C=O) groups is 1. The van der Waals surface area contributed by atoms with E-state index in [0.717, 1.165) is 41.5 Å². The molecule has 1 heterocycles. The van der Waals surface area contributed by atoms with Crippen molar-refractivity contribution in [3.05, 3.63) is 71.0 Å². The van der Waals surface area contributed by atoms with E-state index in [1.807, 2.05) is 29.7 Å². The van der Waals surface area contributed by atoms with Crippen LogP contribution in [0.3, 0.4) is 0 Å². The van der Waals surface area contributed by atoms with Crippen LogP contribution in [0.25, 0.3) is 5.69 Å². The Balaban J connectivity index is 1.45. The van der Waals surface area contributed by atoms with Gasteiger partial charge >= 0.3 is 0 Å². The number of amides is 1. The molecule has 1 aromatic heterocycles. The molecule has 5 nitrogen and oxygen atoms in total. The largest absolute Gasteiger partial charge is 0.349 e. The van der Waals surface area contributed by atoms with Crippen LogP contribution in [-0.2, 0) is 11.2 Å². The Bertz CT molecular complexity index is 998. The maximum absolute atomic E-state index is 12.6. The molecular weight excluding hydrogens is 368 g/mol. The highest BCUT2D eigenvalue weighted by atomic mass is 32.2. The van der Waals surface area contributed by atoms with Crippen LogP contribution in [0, 0.1) is 13.8 Å². The molecule has 0 bridgehead atoms. The molecule has 1 atom stereocenters. The molecule has 1 N–H and O–H groups in total. The van der Waals surface area contributed by atoms with Crippen molar-refractivity contribution < 1.29 is 4.79 Å². The van der Waals surface area contributed by atoms with E-state index < -0.39 is 0 Å². The minimum absolute atomic E-state index is 0.0312. The summed E-state index contributed by atoms with van der Waals surface area (Å²) in [6, 6.07) is 16.6. The Kier molecular flexibility index (Phi) is 5.48. The zero-order valence-corrected chi connectivity index (χ0v) is 17.0. The molecule has 1 aliphatic rings. The lowest BCUT2D eigenvalue weighted by atomic mass is 9.88. The van der Waals surface area contributed by atoms with Crippen molar-refractivity contribution in [2.45, 2.75) is 44.3 Å². The van der Waals surface area contributed by atoms with Crippen LogP contribution in [0.4, 0.5) is 0 Å². The predicted molar refractivity (Wildman–Crippen MR) is 112 cm³/mol. The summed E-state index contributed by atoms with van der Waals surface area (Å²) in [5.41, 5.74) is 4.80. The zero-order chi connectivity index (χ0) is 19.5. The predicted octanol–water partition coefficient (Wildman–Crippen LogP) is 4.17. The van der Waals surface area contributed by atoms with E-state index in [1.165, 1.54) is 22.9 Å². The van der Waals surface area contributed by atoms with Gasteiger partial charge in [0, 0.05) is 0 Å². The van der Waals surface area contributed by atoms with Crippen LogP contribution in [0.2, 0.25) is 0 Å². The molecule has 0 spiro atoms. The maximum atomic E-state index is 12.6. The quantitative estimate of drug-likeness (QED) is 0.662. The Morgan fingerprint density at radius 2 is 1.93 bits per heavy atom. The van der Waals surface area contributed by atoms with Crippen molar-refractivity contribution in [3.63, 3.8) is 0 Å². The van der Waals surface area contributed by atoms with Gasteiger partial charge in [-0.1, -0.05) is 54.2 Å². The average molecular weight is 393 g/mol. The van der Waals surface area contributed by atoms with Crippen LogP contribution in [0.15, 0.2) is 53.7 Å². The zero-order valence-electron chi connectivity index (χ0n) is 16.2. The van der Waals surface area contributed by atoms with Gasteiger partial charge in [0.2, 0.25) is 5.91 Å². The summed E-state index contributed by atoms with van der Waals surface area (Å²) in [5.74, 6) is 1.17. The molecule has 0 fully saturated rings. The van der Waals surface area contributed by atoms with E-state index in [4.69, 9.17) is 0 Å². The molecule has 0 unspecified atom stereocenters. The van der Waals surface area contributed by atoms with E-state index in [9.17, 15) is 4.79 Å². The van der Waals surface area contributed by atoms with E-state index >= 15 is 0 Å². The Morgan fingerprint density at radius 3 is 2.79 bits per heavy atom. The monoisotopic (exact) mass is 392 g/mol. The number of aromatic nitrogens is 3. The van der Waals surface area contributed by atoms with Gasteiger partial charge in [-0.15, -0.1) is 10.2 Å². The lowest BCUT2D eigenvalue weighted by Gasteiger charge is -2.26. The minimum Gasteiger partial charge on any atom is -0.349 e. The second kappa shape index (κ2) is 8.19. The Morgan fingerprint density at radius 1 is 1.14 bits per heavy atom. The highest BCUT2D eigenvalue weighted by molar-refractivity contribution is 7.99. The van der Waals surface area contributed by atoms with E-state index in [-0.39, 0.29) is 11.9 Å². The van der Waals surface area contributed by atoms with Gasteiger partial charge < -0.3 is 5.32 Å². The molecule has 0 saturated heterocycles. The molecule has 0 saturated carbocycles. The summed E-state index contributed by atoms with van der Waals surface area (Å²) >= 11 is 1.43. The van der Waals surface area contributed by atoms with Gasteiger partial charge in [0.05, 0.1) is 17.5 Å². The smallest absolute Gasteiger partial charge is 0.230 e. The Labute approximate surface area is 169 Å². The summed E-state index contributed by atoms with van der Waals surface area (Å²) in [7, 11) is 0. The number of benzene rings is 2. The number of thioether (sulfide) groups is 1. The maximum Gasteiger partial charge on any atom is 0.230 e. The molecular formula is C22H24N4OS. The van der Waals surface area contributed by atoms with Gasteiger partial charge in [0.25, 0.3) is 0 Å². The topological polar surface area (TPSA) is 59.8 Å². The third-order valence-corrected chi connectivity index (χ3v) is 6.12. The second-order valence-corrected chi connectivity index (χ2v) is 8.09. The minimum atomic E-state index is 0.0312. The van der Waals surface area contributed by atoms with Crippen molar-refractivity contribution in [2.75, 3.05) is 5.75 Å². The molecule has 0 aliphatic heterocycles. The van der Waals surface area contributed by atoms with Crippen LogP contribution in [0.1, 0.15) is 41.4 Å². The number of aryl methyl sites for hydroxylation is 3. The molecule has 6 heteroatoms. The number of fused-ring (bicyclic) bond motifs is 1. The number of hydrogen-bond acceptors (Lipinski definition) is 4. The normalized spacial score (nSPS) is 15.9. The van der Waals surface area contributed by atoms with Crippen molar-refractivity contribution in [3.8, 4) is 5.69 Å². The van der Waals surface area contributed by atoms with Gasteiger partial charge in [-0.2, -0.15) is 0 Å². The third kappa shape index (κ3) is 3.83. The first kappa shape index (κ1) is 18.7. The fourth-order valence-corrected chi connectivity index (χ4v) is 4.60. The highest BCUT2D eigenvalue weighted by Gasteiger charge is 2.22. The lowest BCUT2D eigenvalue weighted by Crippen LogP contribution is -2.32. The summed E-state index contributed by atoms with van der Waals surface area (Å²) in [6.45, 7) is 4.00. The van der Waals surface area contributed by atoms with Crippen LogP contribution in [0.5, 0.6) is 0 Å². The van der Waals surface area contributed by atoms with Gasteiger partial charge in [-0.05, 0) is 55.9 Å². The van der Waals surface area contributed by atoms with Crippen molar-refractivity contribution in [1.29, 1.82) is 0 Å². The summed E-state index contributed by atoms with van der Waals surface area (Å²) in [5, 5.41) is 12.4. The first-order valence-corrected chi connectivity index (χ1v) is 10.6. The van der Waals surface area contributed by atoms with E-state index in [0.29, 0.717) is 5.75 Å². The molecule has 4 rings (SSSR count). The fraction of sp³-hybridized carbons (Fsp3) is 0.318. The lowest BCUT2D eigenvalue weighted by molar-refractivity contribution is -0.119. The highest BCUT2D eigenvalue weighted by Crippen LogP contribution is 2.30. The SMILES string of the molecule is Cc1ccccc1-n1c(C)nnc1SCC(=O)N[C@H]1CCCc2ccccc21. The summed E-state index contributed by atoms with van der Waals surface area (Å²) in [4.78, 5) is 12.6. The number of rotatable bonds is 5. The first-order valence-electron chi connectivity index (χ1n) is 9.61. The summed E-state index contributed by atoms with van der Waals surface area (Å²) in [6.07, 6.45) is 3.19. The Hall–Kier alpha value is -2.60. The number of nitrogens with one attached hydrogen (secondary N) is 1. The van der Waals surface area contributed by atoms with Crippen molar-refractivity contribution >= 4 is 17.7 Å². The molecule has 144 valence electrons. The molecule has 3 aromatic rings. The van der Waals surface area contributed by atoms with Crippen molar-refractivity contribution in [1.82, 2.24) is 20.1 Å².